The molecule has 0 spiro atoms. The number of carboxylic acid groups (broad SMARTS) is 1. The quantitative estimate of drug-likeness (QED) is 0.233. The smallest absolute Gasteiger partial charge is 0.490 e. The summed E-state index contributed by atoms with van der Waals surface area (Å²) in [6.45, 7) is 2.57. The van der Waals surface area contributed by atoms with E-state index in [-0.39, 0.29) is 5.88 Å². The highest BCUT2D eigenvalue weighted by atomic mass is 32.1. The van der Waals surface area contributed by atoms with E-state index in [0.29, 0.717) is 11.9 Å². The molecule has 5 rings (SSSR count). The van der Waals surface area contributed by atoms with E-state index in [0.717, 1.165) is 43.9 Å². The lowest BCUT2D eigenvalue weighted by molar-refractivity contribution is -0.192. The van der Waals surface area contributed by atoms with Crippen LogP contribution in [0.3, 0.4) is 0 Å². The summed E-state index contributed by atoms with van der Waals surface area (Å²) in [6.07, 6.45) is -3.38. The Balaban J connectivity index is 0.000000426. The van der Waals surface area contributed by atoms with Crippen LogP contribution in [0, 0.1) is 6.92 Å². The van der Waals surface area contributed by atoms with E-state index >= 15 is 0 Å². The zero-order chi connectivity index (χ0) is 27.4. The topological polar surface area (TPSA) is 109 Å². The third kappa shape index (κ3) is 5.82. The van der Waals surface area contributed by atoms with Crippen LogP contribution in [0.2, 0.25) is 0 Å². The number of benzene rings is 2. The van der Waals surface area contributed by atoms with Crippen molar-refractivity contribution in [2.24, 2.45) is 5.73 Å². The number of pyridine rings is 2. The molecular formula is C28H22F3N3O3S. The largest absolute Gasteiger partial charge is 0.493 e. The second-order valence-corrected chi connectivity index (χ2v) is 9.25. The number of aromatic hydroxyl groups is 1. The highest BCUT2D eigenvalue weighted by Gasteiger charge is 2.38. The highest BCUT2D eigenvalue weighted by Crippen LogP contribution is 2.40. The van der Waals surface area contributed by atoms with Crippen LogP contribution in [0.5, 0.6) is 5.88 Å². The number of nitrogens with zero attached hydrogens (tertiary/aromatic N) is 2. The Labute approximate surface area is 219 Å². The molecule has 10 heteroatoms. The minimum absolute atomic E-state index is 0.0123. The summed E-state index contributed by atoms with van der Waals surface area (Å²) in [4.78, 5) is 19.3. The Kier molecular flexibility index (Phi) is 7.75. The molecule has 6 nitrogen and oxygen atoms in total. The molecule has 0 aliphatic carbocycles. The van der Waals surface area contributed by atoms with Crippen LogP contribution >= 0.6 is 11.3 Å². The lowest BCUT2D eigenvalue weighted by Gasteiger charge is -2.14. The Morgan fingerprint density at radius 2 is 1.66 bits per heavy atom. The Hall–Kier alpha value is -4.28. The predicted molar refractivity (Wildman–Crippen MR) is 142 cm³/mol. The fraction of sp³-hybridized carbons (Fsp3) is 0.107. The van der Waals surface area contributed by atoms with Crippen LogP contribution < -0.4 is 5.73 Å². The van der Waals surface area contributed by atoms with Gasteiger partial charge in [0.2, 0.25) is 5.88 Å². The summed E-state index contributed by atoms with van der Waals surface area (Å²) in [5.41, 5.74) is 13.6. The van der Waals surface area contributed by atoms with Gasteiger partial charge in [-0.3, -0.25) is 0 Å². The van der Waals surface area contributed by atoms with Gasteiger partial charge in [-0.15, -0.1) is 11.3 Å². The number of carbonyl (C=O) groups is 1. The van der Waals surface area contributed by atoms with Crippen LogP contribution in [0.4, 0.5) is 13.2 Å². The molecule has 0 saturated carbocycles. The van der Waals surface area contributed by atoms with Gasteiger partial charge in [-0.2, -0.15) is 13.2 Å². The van der Waals surface area contributed by atoms with E-state index in [4.69, 9.17) is 20.6 Å². The predicted octanol–water partition coefficient (Wildman–Crippen LogP) is 6.80. The average molecular weight is 538 g/mol. The maximum atomic E-state index is 10.6. The molecule has 0 aliphatic heterocycles. The van der Waals surface area contributed by atoms with Crippen molar-refractivity contribution in [2.45, 2.75) is 19.6 Å². The van der Waals surface area contributed by atoms with Gasteiger partial charge in [-0.25, -0.2) is 14.8 Å². The number of fused-ring (bicyclic) bond motifs is 1. The standard InChI is InChI=1S/C26H21N3OS.C2HF3O2/c1-16-11-23(31-15-16)22-14-28-26(30)21-12-20(18-5-3-2-4-6-18)24(29-25(21)22)19-9-7-17(13-27)8-10-19;3-2(4,5)1(6)7/h2-12,14-15H,13,27H2,1H3,(H,28,30);(H,6,7). The first-order chi connectivity index (χ1) is 18.1. The van der Waals surface area contributed by atoms with E-state index in [9.17, 15) is 18.3 Å². The minimum atomic E-state index is -5.08. The van der Waals surface area contributed by atoms with Crippen molar-refractivity contribution in [3.05, 3.63) is 89.4 Å². The van der Waals surface area contributed by atoms with Gasteiger partial charge in [0.15, 0.2) is 0 Å². The Morgan fingerprint density at radius 3 is 2.21 bits per heavy atom. The zero-order valence-electron chi connectivity index (χ0n) is 20.0. The van der Waals surface area contributed by atoms with Gasteiger partial charge in [0, 0.05) is 34.3 Å². The molecule has 2 aromatic carbocycles. The molecule has 5 aromatic rings. The van der Waals surface area contributed by atoms with Crippen molar-refractivity contribution in [2.75, 3.05) is 0 Å². The molecule has 0 radical (unpaired) electrons. The van der Waals surface area contributed by atoms with E-state index in [1.807, 2.05) is 36.4 Å². The summed E-state index contributed by atoms with van der Waals surface area (Å²) in [6, 6.07) is 22.4. The molecule has 194 valence electrons. The molecule has 3 aromatic heterocycles. The number of carboxylic acids is 1. The molecule has 3 heterocycles. The van der Waals surface area contributed by atoms with Crippen LogP contribution in [0.25, 0.3) is 43.7 Å². The maximum Gasteiger partial charge on any atom is 0.490 e. The van der Waals surface area contributed by atoms with Crippen molar-refractivity contribution < 1.29 is 28.2 Å². The van der Waals surface area contributed by atoms with E-state index in [1.54, 1.807) is 17.5 Å². The molecule has 0 atom stereocenters. The average Bonchev–Trinajstić information content (AvgIpc) is 3.34. The van der Waals surface area contributed by atoms with Crippen LogP contribution in [-0.2, 0) is 11.3 Å². The van der Waals surface area contributed by atoms with Gasteiger partial charge in [0.05, 0.1) is 16.6 Å². The fourth-order valence-corrected chi connectivity index (χ4v) is 4.67. The van der Waals surface area contributed by atoms with Crippen molar-refractivity contribution in [1.29, 1.82) is 0 Å². The first kappa shape index (κ1) is 26.8. The van der Waals surface area contributed by atoms with E-state index in [1.165, 1.54) is 5.56 Å². The van der Waals surface area contributed by atoms with Crippen LogP contribution in [0.15, 0.2) is 78.3 Å². The SMILES string of the molecule is Cc1csc(-c2cnc(O)c3cc(-c4ccccc4)c(-c4ccc(CN)cc4)nc23)c1.O=C(O)C(F)(F)F. The minimum Gasteiger partial charge on any atom is -0.493 e. The number of hydrogen-bond donors (Lipinski definition) is 3. The Bertz CT molecular complexity index is 1580. The first-order valence-electron chi connectivity index (χ1n) is 11.3. The molecule has 0 saturated heterocycles. The molecule has 4 N–H and O–H groups in total. The van der Waals surface area contributed by atoms with E-state index in [2.05, 4.69) is 47.6 Å². The number of halogens is 3. The Morgan fingerprint density at radius 1 is 1.00 bits per heavy atom. The molecule has 38 heavy (non-hydrogen) atoms. The summed E-state index contributed by atoms with van der Waals surface area (Å²) >= 11 is 1.65. The second kappa shape index (κ2) is 11.0. The normalized spacial score (nSPS) is 11.2. The summed E-state index contributed by atoms with van der Waals surface area (Å²) < 4.78 is 31.7. The van der Waals surface area contributed by atoms with Gasteiger partial charge in [0.25, 0.3) is 0 Å². The lowest BCUT2D eigenvalue weighted by atomic mass is 9.96. The maximum absolute atomic E-state index is 10.6. The number of nitrogens with two attached hydrogens (primary N) is 1. The molecular weight excluding hydrogens is 515 g/mol. The fourth-order valence-electron chi connectivity index (χ4n) is 3.75. The highest BCUT2D eigenvalue weighted by molar-refractivity contribution is 7.13. The molecule has 0 amide bonds. The van der Waals surface area contributed by atoms with Crippen molar-refractivity contribution in [3.8, 4) is 38.7 Å². The van der Waals surface area contributed by atoms with Crippen LogP contribution in [0.1, 0.15) is 11.1 Å². The first-order valence-corrected chi connectivity index (χ1v) is 12.2. The summed E-state index contributed by atoms with van der Waals surface area (Å²) in [5.74, 6) is -2.77. The lowest BCUT2D eigenvalue weighted by Crippen LogP contribution is -2.21. The number of aliphatic carboxylic acids is 1. The number of hydrogen-bond acceptors (Lipinski definition) is 6. The second-order valence-electron chi connectivity index (χ2n) is 8.33. The van der Waals surface area contributed by atoms with Gasteiger partial charge in [-0.05, 0) is 41.1 Å². The van der Waals surface area contributed by atoms with Crippen molar-refractivity contribution >= 4 is 28.2 Å². The summed E-state index contributed by atoms with van der Waals surface area (Å²) in [7, 11) is 0. The van der Waals surface area contributed by atoms with E-state index < -0.39 is 12.1 Å². The van der Waals surface area contributed by atoms with Gasteiger partial charge < -0.3 is 15.9 Å². The van der Waals surface area contributed by atoms with Crippen LogP contribution in [-0.4, -0.2) is 32.3 Å². The third-order valence-corrected chi connectivity index (χ3v) is 6.70. The summed E-state index contributed by atoms with van der Waals surface area (Å²) in [5, 5.41) is 20.5. The number of aromatic nitrogens is 2. The third-order valence-electron chi connectivity index (χ3n) is 5.62. The molecule has 0 aliphatic rings. The number of alkyl halides is 3. The van der Waals surface area contributed by atoms with Gasteiger partial charge >= 0.3 is 12.1 Å². The van der Waals surface area contributed by atoms with Gasteiger partial charge in [0.1, 0.15) is 0 Å². The number of aryl methyl sites for hydroxylation is 1. The number of rotatable bonds is 4. The number of thiophene rings is 1. The van der Waals surface area contributed by atoms with Crippen molar-refractivity contribution in [3.63, 3.8) is 0 Å². The monoisotopic (exact) mass is 537 g/mol. The molecule has 0 fully saturated rings. The molecule has 0 bridgehead atoms. The van der Waals surface area contributed by atoms with Gasteiger partial charge in [-0.1, -0.05) is 54.6 Å². The van der Waals surface area contributed by atoms with Crippen molar-refractivity contribution in [1.82, 2.24) is 9.97 Å². The zero-order valence-corrected chi connectivity index (χ0v) is 20.8. The molecule has 0 unspecified atom stereocenters.